The van der Waals surface area contributed by atoms with Gasteiger partial charge in [-0.25, -0.2) is 15.0 Å². The SMILES string of the molecule is CN1CCC[C@@H]1COc1cnc(Cl)c(-c2cncnc2)c1. The zero-order valence-corrected chi connectivity index (χ0v) is 12.6. The average Bonchev–Trinajstić information content (AvgIpc) is 2.93. The van der Waals surface area contributed by atoms with Gasteiger partial charge in [0.05, 0.1) is 6.20 Å². The molecule has 0 unspecified atom stereocenters. The summed E-state index contributed by atoms with van der Waals surface area (Å²) in [5, 5.41) is 0.426. The molecule has 3 rings (SSSR count). The van der Waals surface area contributed by atoms with Crippen molar-refractivity contribution in [3.05, 3.63) is 36.1 Å². The van der Waals surface area contributed by atoms with Crippen LogP contribution in [0.15, 0.2) is 31.0 Å². The number of rotatable bonds is 4. The Morgan fingerprint density at radius 2 is 2.14 bits per heavy atom. The summed E-state index contributed by atoms with van der Waals surface area (Å²) < 4.78 is 5.87. The van der Waals surface area contributed by atoms with E-state index in [0.717, 1.165) is 23.4 Å². The van der Waals surface area contributed by atoms with Crippen molar-refractivity contribution in [1.82, 2.24) is 19.9 Å². The van der Waals surface area contributed by atoms with E-state index >= 15 is 0 Å². The number of likely N-dealkylation sites (tertiary alicyclic amines) is 1. The summed E-state index contributed by atoms with van der Waals surface area (Å²) in [5.41, 5.74) is 1.62. The number of ether oxygens (including phenoxy) is 1. The molecule has 0 bridgehead atoms. The Hall–Kier alpha value is -1.72. The van der Waals surface area contributed by atoms with Gasteiger partial charge in [-0.2, -0.15) is 0 Å². The minimum atomic E-state index is 0.426. The second-order valence-corrected chi connectivity index (χ2v) is 5.58. The lowest BCUT2D eigenvalue weighted by molar-refractivity contribution is 0.198. The van der Waals surface area contributed by atoms with E-state index in [2.05, 4.69) is 26.9 Å². The molecule has 1 aliphatic rings. The Bertz CT molecular complexity index is 608. The van der Waals surface area contributed by atoms with Crippen LogP contribution in [0.1, 0.15) is 12.8 Å². The zero-order valence-electron chi connectivity index (χ0n) is 11.9. The van der Waals surface area contributed by atoms with Crippen molar-refractivity contribution >= 4 is 11.6 Å². The molecule has 1 saturated heterocycles. The van der Waals surface area contributed by atoms with E-state index in [4.69, 9.17) is 16.3 Å². The first-order valence-electron chi connectivity index (χ1n) is 6.98. The van der Waals surface area contributed by atoms with Gasteiger partial charge in [0, 0.05) is 29.6 Å². The molecule has 1 aliphatic heterocycles. The Labute approximate surface area is 129 Å². The number of hydrogen-bond acceptors (Lipinski definition) is 5. The van der Waals surface area contributed by atoms with Gasteiger partial charge in [0.25, 0.3) is 0 Å². The van der Waals surface area contributed by atoms with Crippen LogP contribution in [-0.4, -0.2) is 46.1 Å². The molecule has 2 aromatic rings. The van der Waals surface area contributed by atoms with Crippen molar-refractivity contribution in [2.45, 2.75) is 18.9 Å². The molecule has 0 saturated carbocycles. The summed E-state index contributed by atoms with van der Waals surface area (Å²) in [4.78, 5) is 14.5. The van der Waals surface area contributed by atoms with Crippen LogP contribution >= 0.6 is 11.6 Å². The molecular formula is C15H17ClN4O. The molecular weight excluding hydrogens is 288 g/mol. The molecule has 21 heavy (non-hydrogen) atoms. The van der Waals surface area contributed by atoms with Gasteiger partial charge < -0.3 is 9.64 Å². The molecule has 6 heteroatoms. The molecule has 0 radical (unpaired) electrons. The fraction of sp³-hybridized carbons (Fsp3) is 0.400. The molecule has 0 amide bonds. The second-order valence-electron chi connectivity index (χ2n) is 5.22. The van der Waals surface area contributed by atoms with Gasteiger partial charge in [-0.3, -0.25) is 0 Å². The minimum absolute atomic E-state index is 0.426. The van der Waals surface area contributed by atoms with Crippen molar-refractivity contribution in [3.8, 4) is 16.9 Å². The number of halogens is 1. The van der Waals surface area contributed by atoms with Gasteiger partial charge in [0.2, 0.25) is 0 Å². The highest BCUT2D eigenvalue weighted by Gasteiger charge is 2.21. The first kappa shape index (κ1) is 14.2. The smallest absolute Gasteiger partial charge is 0.138 e. The molecule has 5 nitrogen and oxygen atoms in total. The predicted octanol–water partition coefficient (Wildman–Crippen LogP) is 2.67. The average molecular weight is 305 g/mol. The Kier molecular flexibility index (Phi) is 4.31. The monoisotopic (exact) mass is 304 g/mol. The number of nitrogens with zero attached hydrogens (tertiary/aromatic N) is 4. The van der Waals surface area contributed by atoms with E-state index in [0.29, 0.717) is 17.8 Å². The first-order chi connectivity index (χ1) is 10.2. The number of aromatic nitrogens is 3. The summed E-state index contributed by atoms with van der Waals surface area (Å²) in [7, 11) is 2.13. The van der Waals surface area contributed by atoms with Crippen LogP contribution in [0.4, 0.5) is 0 Å². The number of likely N-dealkylation sites (N-methyl/N-ethyl adjacent to an activating group) is 1. The molecule has 0 N–H and O–H groups in total. The summed E-state index contributed by atoms with van der Waals surface area (Å²) >= 11 is 6.15. The molecule has 1 fully saturated rings. The van der Waals surface area contributed by atoms with Crippen molar-refractivity contribution in [1.29, 1.82) is 0 Å². The van der Waals surface area contributed by atoms with Crippen molar-refractivity contribution < 1.29 is 4.74 Å². The first-order valence-corrected chi connectivity index (χ1v) is 7.36. The summed E-state index contributed by atoms with van der Waals surface area (Å²) in [6.45, 7) is 1.81. The van der Waals surface area contributed by atoms with E-state index in [1.54, 1.807) is 18.6 Å². The maximum atomic E-state index is 6.15. The molecule has 110 valence electrons. The topological polar surface area (TPSA) is 51.1 Å². The Balaban J connectivity index is 1.75. The van der Waals surface area contributed by atoms with Crippen molar-refractivity contribution in [2.75, 3.05) is 20.2 Å². The van der Waals surface area contributed by atoms with Gasteiger partial charge in [0.15, 0.2) is 0 Å². The normalized spacial score (nSPS) is 18.9. The van der Waals surface area contributed by atoms with E-state index < -0.39 is 0 Å². The molecule has 1 atom stereocenters. The molecule has 2 aromatic heterocycles. The van der Waals surface area contributed by atoms with E-state index in [1.165, 1.54) is 19.2 Å². The minimum Gasteiger partial charge on any atom is -0.490 e. The zero-order chi connectivity index (χ0) is 14.7. The molecule has 3 heterocycles. The summed E-state index contributed by atoms with van der Waals surface area (Å²) in [6.07, 6.45) is 8.98. The maximum Gasteiger partial charge on any atom is 0.138 e. The van der Waals surface area contributed by atoms with Crippen LogP contribution in [0.25, 0.3) is 11.1 Å². The third kappa shape index (κ3) is 3.31. The van der Waals surface area contributed by atoms with Crippen LogP contribution in [0, 0.1) is 0 Å². The Morgan fingerprint density at radius 3 is 2.86 bits per heavy atom. The van der Waals surface area contributed by atoms with E-state index in [1.807, 2.05) is 6.07 Å². The fourth-order valence-corrected chi connectivity index (χ4v) is 2.74. The summed E-state index contributed by atoms with van der Waals surface area (Å²) in [5.74, 6) is 0.721. The van der Waals surface area contributed by atoms with Crippen molar-refractivity contribution in [3.63, 3.8) is 0 Å². The lowest BCUT2D eigenvalue weighted by atomic mass is 10.1. The summed E-state index contributed by atoms with van der Waals surface area (Å²) in [6, 6.07) is 2.37. The van der Waals surface area contributed by atoms with E-state index in [-0.39, 0.29) is 0 Å². The lowest BCUT2D eigenvalue weighted by Gasteiger charge is -2.19. The van der Waals surface area contributed by atoms with Crippen molar-refractivity contribution in [2.24, 2.45) is 0 Å². The van der Waals surface area contributed by atoms with Crippen LogP contribution in [0.5, 0.6) is 5.75 Å². The number of pyridine rings is 1. The molecule has 0 aromatic carbocycles. The van der Waals surface area contributed by atoms with Gasteiger partial charge in [-0.15, -0.1) is 0 Å². The lowest BCUT2D eigenvalue weighted by Crippen LogP contribution is -2.30. The maximum absolute atomic E-state index is 6.15. The highest BCUT2D eigenvalue weighted by molar-refractivity contribution is 6.32. The third-order valence-electron chi connectivity index (χ3n) is 3.80. The predicted molar refractivity (Wildman–Crippen MR) is 81.4 cm³/mol. The van der Waals surface area contributed by atoms with Crippen LogP contribution in [-0.2, 0) is 0 Å². The largest absolute Gasteiger partial charge is 0.490 e. The standard InChI is InChI=1S/C15H17ClN4O/c1-20-4-2-3-12(20)9-21-13-5-14(15(16)19-8-13)11-6-17-10-18-7-11/h5-8,10,12H,2-4,9H2,1H3/t12-/m1/s1. The van der Waals surface area contributed by atoms with Gasteiger partial charge in [0.1, 0.15) is 23.8 Å². The number of hydrogen-bond donors (Lipinski definition) is 0. The van der Waals surface area contributed by atoms with Gasteiger partial charge in [-0.05, 0) is 32.5 Å². The van der Waals surface area contributed by atoms with Crippen LogP contribution in [0.3, 0.4) is 0 Å². The third-order valence-corrected chi connectivity index (χ3v) is 4.10. The highest BCUT2D eigenvalue weighted by atomic mass is 35.5. The molecule has 0 aliphatic carbocycles. The Morgan fingerprint density at radius 1 is 1.33 bits per heavy atom. The fourth-order valence-electron chi connectivity index (χ4n) is 2.53. The van der Waals surface area contributed by atoms with Crippen LogP contribution < -0.4 is 4.74 Å². The molecule has 0 spiro atoms. The quantitative estimate of drug-likeness (QED) is 0.813. The van der Waals surface area contributed by atoms with Crippen LogP contribution in [0.2, 0.25) is 5.15 Å². The van der Waals surface area contributed by atoms with Gasteiger partial charge >= 0.3 is 0 Å². The highest BCUT2D eigenvalue weighted by Crippen LogP contribution is 2.29. The van der Waals surface area contributed by atoms with E-state index in [9.17, 15) is 0 Å². The second kappa shape index (κ2) is 6.37. The van der Waals surface area contributed by atoms with Gasteiger partial charge in [-0.1, -0.05) is 11.6 Å².